The predicted molar refractivity (Wildman–Crippen MR) is 75.0 cm³/mol. The number of rotatable bonds is 5. The lowest BCUT2D eigenvalue weighted by molar-refractivity contribution is 0.101. The number of ketones is 1. The van der Waals surface area contributed by atoms with E-state index in [1.165, 1.54) is 19.3 Å². The zero-order valence-electron chi connectivity index (χ0n) is 10.5. The lowest BCUT2D eigenvalue weighted by Gasteiger charge is -2.40. The van der Waals surface area contributed by atoms with Crippen LogP contribution in [0.2, 0.25) is 0 Å². The summed E-state index contributed by atoms with van der Waals surface area (Å²) in [7, 11) is 0. The molecule has 1 aromatic carbocycles. The Bertz CT molecular complexity index is 390. The van der Waals surface area contributed by atoms with E-state index in [0.717, 1.165) is 17.8 Å². The third-order valence-electron chi connectivity index (χ3n) is 3.60. The normalized spacial score (nSPS) is 17.3. The van der Waals surface area contributed by atoms with Crippen molar-refractivity contribution in [3.8, 4) is 0 Å². The third-order valence-corrected chi connectivity index (χ3v) is 5.02. The molecule has 2 nitrogen and oxygen atoms in total. The molecule has 0 aliphatic heterocycles. The molecule has 0 amide bonds. The Hall–Kier alpha value is -0.960. The first-order valence-corrected chi connectivity index (χ1v) is 7.28. The molecule has 2 rings (SSSR count). The minimum atomic E-state index is 0.121. The van der Waals surface area contributed by atoms with Crippen LogP contribution in [0.1, 0.15) is 36.5 Å². The van der Waals surface area contributed by atoms with Crippen molar-refractivity contribution in [2.45, 2.75) is 30.9 Å². The summed E-state index contributed by atoms with van der Waals surface area (Å²) < 4.78 is 0.444. The maximum atomic E-state index is 11.2. The minimum absolute atomic E-state index is 0.121. The molecule has 1 N–H and O–H groups in total. The first-order valence-electron chi connectivity index (χ1n) is 6.05. The molecule has 1 saturated carbocycles. The average molecular weight is 249 g/mol. The topological polar surface area (TPSA) is 29.1 Å². The van der Waals surface area contributed by atoms with Crippen LogP contribution in [0.15, 0.2) is 24.3 Å². The van der Waals surface area contributed by atoms with Crippen LogP contribution in [-0.4, -0.2) is 23.3 Å². The maximum Gasteiger partial charge on any atom is 0.159 e. The van der Waals surface area contributed by atoms with E-state index >= 15 is 0 Å². The number of thioether (sulfide) groups is 1. The summed E-state index contributed by atoms with van der Waals surface area (Å²) in [5.41, 5.74) is 1.88. The molecule has 0 heterocycles. The van der Waals surface area contributed by atoms with E-state index in [4.69, 9.17) is 0 Å². The summed E-state index contributed by atoms with van der Waals surface area (Å²) in [6, 6.07) is 7.75. The number of anilines is 1. The van der Waals surface area contributed by atoms with Gasteiger partial charge in [-0.25, -0.2) is 0 Å². The zero-order valence-corrected chi connectivity index (χ0v) is 11.3. The summed E-state index contributed by atoms with van der Waals surface area (Å²) in [5.74, 6) is 0.121. The molecule has 1 aliphatic carbocycles. The molecule has 92 valence electrons. The Morgan fingerprint density at radius 2 is 2.00 bits per heavy atom. The van der Waals surface area contributed by atoms with Crippen LogP contribution in [0.4, 0.5) is 5.69 Å². The summed E-state index contributed by atoms with van der Waals surface area (Å²) in [4.78, 5) is 11.2. The number of Topliss-reactive ketones (excluding diaryl/α,β-unsaturated/α-hetero) is 1. The van der Waals surface area contributed by atoms with Gasteiger partial charge in [-0.15, -0.1) is 0 Å². The van der Waals surface area contributed by atoms with E-state index in [1.54, 1.807) is 6.92 Å². The fourth-order valence-corrected chi connectivity index (χ4v) is 3.02. The van der Waals surface area contributed by atoms with E-state index < -0.39 is 0 Å². The van der Waals surface area contributed by atoms with Crippen molar-refractivity contribution in [1.82, 2.24) is 0 Å². The van der Waals surface area contributed by atoms with E-state index in [0.29, 0.717) is 4.75 Å². The highest BCUT2D eigenvalue weighted by Gasteiger charge is 2.35. The molecular formula is C14H19NOS. The molecular weight excluding hydrogens is 230 g/mol. The lowest BCUT2D eigenvalue weighted by Crippen LogP contribution is -2.40. The fraction of sp³-hybridized carbons (Fsp3) is 0.500. The van der Waals surface area contributed by atoms with Gasteiger partial charge in [0.05, 0.1) is 0 Å². The van der Waals surface area contributed by atoms with Crippen LogP contribution >= 0.6 is 11.8 Å². The van der Waals surface area contributed by atoms with Crippen LogP contribution in [0.25, 0.3) is 0 Å². The van der Waals surface area contributed by atoms with Crippen molar-refractivity contribution in [1.29, 1.82) is 0 Å². The van der Waals surface area contributed by atoms with E-state index in [2.05, 4.69) is 11.6 Å². The van der Waals surface area contributed by atoms with Crippen molar-refractivity contribution in [3.63, 3.8) is 0 Å². The van der Waals surface area contributed by atoms with Gasteiger partial charge in [-0.05, 0) is 50.3 Å². The highest BCUT2D eigenvalue weighted by atomic mass is 32.2. The smallest absolute Gasteiger partial charge is 0.159 e. The summed E-state index contributed by atoms with van der Waals surface area (Å²) in [6.45, 7) is 2.62. The molecule has 0 radical (unpaired) electrons. The van der Waals surface area contributed by atoms with Crippen molar-refractivity contribution in [3.05, 3.63) is 29.8 Å². The molecule has 0 atom stereocenters. The molecule has 0 spiro atoms. The van der Waals surface area contributed by atoms with Gasteiger partial charge >= 0.3 is 0 Å². The number of hydrogen-bond donors (Lipinski definition) is 1. The Morgan fingerprint density at radius 1 is 1.35 bits per heavy atom. The molecule has 0 unspecified atom stereocenters. The second kappa shape index (κ2) is 5.13. The van der Waals surface area contributed by atoms with Crippen LogP contribution < -0.4 is 5.32 Å². The first-order chi connectivity index (χ1) is 8.15. The summed E-state index contributed by atoms with van der Waals surface area (Å²) in [5, 5.41) is 3.47. The Morgan fingerprint density at radius 3 is 2.41 bits per heavy atom. The Kier molecular flexibility index (Phi) is 3.77. The standard InChI is InChI=1S/C14H19NOS/c1-11(16)12-4-6-13(7-5-12)15-10-14(17-2)8-3-9-14/h4-7,15H,3,8-10H2,1-2H3. The van der Waals surface area contributed by atoms with E-state index in [-0.39, 0.29) is 5.78 Å². The summed E-state index contributed by atoms with van der Waals surface area (Å²) >= 11 is 1.97. The van der Waals surface area contributed by atoms with Crippen LogP contribution in [0, 0.1) is 0 Å². The largest absolute Gasteiger partial charge is 0.384 e. The van der Waals surface area contributed by atoms with Gasteiger partial charge in [-0.3, -0.25) is 4.79 Å². The predicted octanol–water partition coefficient (Wildman–Crippen LogP) is 3.59. The summed E-state index contributed by atoms with van der Waals surface area (Å²) in [6.07, 6.45) is 6.17. The van der Waals surface area contributed by atoms with Gasteiger partial charge in [0.15, 0.2) is 5.78 Å². The molecule has 1 aromatic rings. The van der Waals surface area contributed by atoms with Gasteiger partial charge in [0.25, 0.3) is 0 Å². The molecule has 17 heavy (non-hydrogen) atoms. The quantitative estimate of drug-likeness (QED) is 0.809. The highest BCUT2D eigenvalue weighted by molar-refractivity contribution is 8.00. The van der Waals surface area contributed by atoms with Crippen LogP contribution in [0.5, 0.6) is 0 Å². The second-order valence-corrected chi connectivity index (χ2v) is 6.00. The number of carbonyl (C=O) groups excluding carboxylic acids is 1. The minimum Gasteiger partial charge on any atom is -0.384 e. The van der Waals surface area contributed by atoms with Gasteiger partial charge < -0.3 is 5.32 Å². The van der Waals surface area contributed by atoms with Gasteiger partial charge in [0, 0.05) is 22.5 Å². The molecule has 0 bridgehead atoms. The maximum absolute atomic E-state index is 11.2. The second-order valence-electron chi connectivity index (χ2n) is 4.73. The molecule has 3 heteroatoms. The van der Waals surface area contributed by atoms with Gasteiger partial charge in [-0.2, -0.15) is 11.8 Å². The molecule has 0 saturated heterocycles. The van der Waals surface area contributed by atoms with Crippen molar-refractivity contribution in [2.24, 2.45) is 0 Å². The number of carbonyl (C=O) groups is 1. The Labute approximate surface area is 107 Å². The van der Waals surface area contributed by atoms with Crippen molar-refractivity contribution >= 4 is 23.2 Å². The third kappa shape index (κ3) is 2.83. The number of hydrogen-bond acceptors (Lipinski definition) is 3. The van der Waals surface area contributed by atoms with Gasteiger partial charge in [0.2, 0.25) is 0 Å². The van der Waals surface area contributed by atoms with Gasteiger partial charge in [0.1, 0.15) is 0 Å². The van der Waals surface area contributed by atoms with E-state index in [9.17, 15) is 4.79 Å². The highest BCUT2D eigenvalue weighted by Crippen LogP contribution is 2.42. The zero-order chi connectivity index (χ0) is 12.3. The lowest BCUT2D eigenvalue weighted by atomic mass is 9.84. The number of benzene rings is 1. The number of nitrogens with one attached hydrogen (secondary N) is 1. The SMILES string of the molecule is CSC1(CNc2ccc(C(C)=O)cc2)CCC1. The monoisotopic (exact) mass is 249 g/mol. The molecule has 1 aliphatic rings. The molecule has 1 fully saturated rings. The van der Waals surface area contributed by atoms with Crippen molar-refractivity contribution < 1.29 is 4.79 Å². The fourth-order valence-electron chi connectivity index (χ4n) is 2.11. The van der Waals surface area contributed by atoms with Crippen LogP contribution in [-0.2, 0) is 0 Å². The average Bonchev–Trinajstić information content (AvgIpc) is 2.29. The van der Waals surface area contributed by atoms with Crippen molar-refractivity contribution in [2.75, 3.05) is 18.1 Å². The molecule has 0 aromatic heterocycles. The van der Waals surface area contributed by atoms with Crippen LogP contribution in [0.3, 0.4) is 0 Å². The first kappa shape index (κ1) is 12.5. The van der Waals surface area contributed by atoms with Gasteiger partial charge in [-0.1, -0.05) is 6.42 Å². The van der Waals surface area contributed by atoms with E-state index in [1.807, 2.05) is 36.0 Å². The Balaban J connectivity index is 1.93.